The molecule has 1 atom stereocenters. The summed E-state index contributed by atoms with van der Waals surface area (Å²) in [5.41, 5.74) is 1.58. The summed E-state index contributed by atoms with van der Waals surface area (Å²) in [6.07, 6.45) is 1.99. The molecule has 2 heterocycles. The summed E-state index contributed by atoms with van der Waals surface area (Å²) in [5, 5.41) is 11.8. The van der Waals surface area contributed by atoms with Gasteiger partial charge in [0, 0.05) is 19.6 Å². The van der Waals surface area contributed by atoms with Gasteiger partial charge < -0.3 is 19.3 Å². The van der Waals surface area contributed by atoms with Crippen LogP contribution < -0.4 is 0 Å². The van der Waals surface area contributed by atoms with Crippen LogP contribution >= 0.6 is 0 Å². The monoisotopic (exact) mass is 449 g/mol. The summed E-state index contributed by atoms with van der Waals surface area (Å²) >= 11 is 0. The number of fused-ring (bicyclic) bond motifs is 1. The van der Waals surface area contributed by atoms with Gasteiger partial charge in [-0.25, -0.2) is 9.78 Å². The fourth-order valence-corrected chi connectivity index (χ4v) is 4.71. The first-order valence-electron chi connectivity index (χ1n) is 11.8. The molecule has 0 spiro atoms. The number of hydrogen-bond acceptors (Lipinski definition) is 4. The topological polar surface area (TPSA) is 67.6 Å². The lowest BCUT2D eigenvalue weighted by Gasteiger charge is -2.39. The van der Waals surface area contributed by atoms with Gasteiger partial charge in [-0.05, 0) is 70.6 Å². The number of likely N-dealkylation sites (tertiary alicyclic amines) is 1. The molecule has 1 fully saturated rings. The van der Waals surface area contributed by atoms with E-state index in [0.717, 1.165) is 24.0 Å². The Bertz CT molecular complexity index is 1090. The fraction of sp³-hybridized carbons (Fsp3) is 0.481. The predicted octanol–water partition coefficient (Wildman–Crippen LogP) is 5.13. The Morgan fingerprint density at radius 3 is 2.33 bits per heavy atom. The third kappa shape index (κ3) is 5.22. The van der Waals surface area contributed by atoms with Crippen LogP contribution in [0.5, 0.6) is 0 Å². The number of ether oxygens (including phenoxy) is 1. The van der Waals surface area contributed by atoms with E-state index in [-0.39, 0.29) is 12.0 Å². The molecule has 33 heavy (non-hydrogen) atoms. The zero-order valence-electron chi connectivity index (χ0n) is 20.1. The standard InChI is InChI=1S/C27H35N3O3/c1-26(2,3)33-25(31)29-17-15-21(16-18-29)27(4,32)24-28-22-12-8-9-13-23(22)30(24)19-14-20-10-6-5-7-11-20/h5-13,21,32H,14-19H2,1-4H3. The summed E-state index contributed by atoms with van der Waals surface area (Å²) in [6, 6.07) is 18.4. The predicted molar refractivity (Wildman–Crippen MR) is 130 cm³/mol. The molecule has 0 radical (unpaired) electrons. The van der Waals surface area contributed by atoms with Crippen molar-refractivity contribution in [2.75, 3.05) is 13.1 Å². The number of amides is 1. The molecular weight excluding hydrogens is 414 g/mol. The van der Waals surface area contributed by atoms with Crippen LogP contribution in [0.3, 0.4) is 0 Å². The Morgan fingerprint density at radius 2 is 1.67 bits per heavy atom. The molecule has 0 bridgehead atoms. The van der Waals surface area contributed by atoms with Gasteiger partial charge in [-0.1, -0.05) is 42.5 Å². The number of benzene rings is 2. The summed E-state index contributed by atoms with van der Waals surface area (Å²) in [6.45, 7) is 9.39. The summed E-state index contributed by atoms with van der Waals surface area (Å²) in [7, 11) is 0. The number of aromatic nitrogens is 2. The summed E-state index contributed by atoms with van der Waals surface area (Å²) in [5.74, 6) is 0.707. The molecule has 3 aromatic rings. The lowest BCUT2D eigenvalue weighted by molar-refractivity contribution is -0.0460. The largest absolute Gasteiger partial charge is 0.444 e. The minimum absolute atomic E-state index is 0.00322. The van der Waals surface area contributed by atoms with Gasteiger partial charge in [-0.15, -0.1) is 0 Å². The third-order valence-electron chi connectivity index (χ3n) is 6.52. The van der Waals surface area contributed by atoms with Gasteiger partial charge in [0.25, 0.3) is 0 Å². The lowest BCUT2D eigenvalue weighted by Crippen LogP contribution is -2.46. The van der Waals surface area contributed by atoms with Gasteiger partial charge in [0.2, 0.25) is 0 Å². The molecule has 1 amide bonds. The van der Waals surface area contributed by atoms with Crippen LogP contribution in [0.25, 0.3) is 11.0 Å². The normalized spacial score (nSPS) is 17.2. The number of hydrogen-bond donors (Lipinski definition) is 1. The number of imidazole rings is 1. The van der Waals surface area contributed by atoms with Gasteiger partial charge in [0.05, 0.1) is 11.0 Å². The molecule has 6 nitrogen and oxygen atoms in total. The highest BCUT2D eigenvalue weighted by atomic mass is 16.6. The molecule has 0 aliphatic carbocycles. The zero-order valence-corrected chi connectivity index (χ0v) is 20.1. The van der Waals surface area contributed by atoms with Gasteiger partial charge >= 0.3 is 6.09 Å². The maximum atomic E-state index is 12.5. The number of rotatable bonds is 5. The number of carbonyl (C=O) groups excluding carboxylic acids is 1. The number of para-hydroxylation sites is 2. The van der Waals surface area contributed by atoms with Crippen molar-refractivity contribution in [1.29, 1.82) is 0 Å². The van der Waals surface area contributed by atoms with E-state index < -0.39 is 11.2 Å². The van der Waals surface area contributed by atoms with Crippen LogP contribution in [0.4, 0.5) is 4.79 Å². The maximum Gasteiger partial charge on any atom is 0.410 e. The van der Waals surface area contributed by atoms with Crippen LogP contribution in [0.2, 0.25) is 0 Å². The minimum atomic E-state index is -1.10. The first kappa shape index (κ1) is 23.3. The molecule has 1 aromatic heterocycles. The summed E-state index contributed by atoms with van der Waals surface area (Å²) < 4.78 is 7.69. The average molecular weight is 450 g/mol. The number of piperidine rings is 1. The molecule has 0 saturated carbocycles. The Balaban J connectivity index is 1.54. The Morgan fingerprint density at radius 1 is 1.03 bits per heavy atom. The Hall–Kier alpha value is -2.86. The highest BCUT2D eigenvalue weighted by molar-refractivity contribution is 5.76. The van der Waals surface area contributed by atoms with Crippen molar-refractivity contribution in [3.05, 3.63) is 66.0 Å². The highest BCUT2D eigenvalue weighted by Crippen LogP contribution is 2.37. The van der Waals surface area contributed by atoms with E-state index in [4.69, 9.17) is 9.72 Å². The number of nitrogens with zero attached hydrogens (tertiary/aromatic N) is 3. The maximum absolute atomic E-state index is 12.5. The molecule has 2 aromatic carbocycles. The van der Waals surface area contributed by atoms with E-state index >= 15 is 0 Å². The van der Waals surface area contributed by atoms with Crippen LogP contribution in [0.15, 0.2) is 54.6 Å². The Labute approximate surface area is 196 Å². The van der Waals surface area contributed by atoms with Gasteiger partial charge in [0.15, 0.2) is 0 Å². The molecule has 4 rings (SSSR count). The van der Waals surface area contributed by atoms with Crippen molar-refractivity contribution in [2.45, 2.75) is 64.7 Å². The second-order valence-corrected chi connectivity index (χ2v) is 10.2. The Kier molecular flexibility index (Phi) is 6.48. The van der Waals surface area contributed by atoms with Crippen molar-refractivity contribution in [2.24, 2.45) is 5.92 Å². The van der Waals surface area contributed by atoms with E-state index in [2.05, 4.69) is 34.9 Å². The van der Waals surface area contributed by atoms with Crippen molar-refractivity contribution in [1.82, 2.24) is 14.5 Å². The molecule has 1 unspecified atom stereocenters. The molecule has 1 saturated heterocycles. The van der Waals surface area contributed by atoms with Gasteiger partial charge in [-0.3, -0.25) is 0 Å². The van der Waals surface area contributed by atoms with E-state index in [1.165, 1.54) is 5.56 Å². The van der Waals surface area contributed by atoms with Crippen LogP contribution in [-0.4, -0.2) is 44.3 Å². The van der Waals surface area contributed by atoms with E-state index in [9.17, 15) is 9.90 Å². The molecule has 1 aliphatic rings. The van der Waals surface area contributed by atoms with Crippen LogP contribution in [-0.2, 0) is 23.3 Å². The van der Waals surface area contributed by atoms with Crippen molar-refractivity contribution < 1.29 is 14.6 Å². The van der Waals surface area contributed by atoms with Gasteiger partial charge in [0.1, 0.15) is 17.0 Å². The average Bonchev–Trinajstić information content (AvgIpc) is 3.17. The quantitative estimate of drug-likeness (QED) is 0.586. The molecule has 176 valence electrons. The minimum Gasteiger partial charge on any atom is -0.444 e. The third-order valence-corrected chi connectivity index (χ3v) is 6.52. The van der Waals surface area contributed by atoms with E-state index in [0.29, 0.717) is 31.8 Å². The first-order valence-corrected chi connectivity index (χ1v) is 11.8. The molecule has 1 N–H and O–H groups in total. The smallest absolute Gasteiger partial charge is 0.410 e. The second kappa shape index (κ2) is 9.18. The van der Waals surface area contributed by atoms with E-state index in [1.807, 2.05) is 52.0 Å². The van der Waals surface area contributed by atoms with Crippen LogP contribution in [0, 0.1) is 5.92 Å². The van der Waals surface area contributed by atoms with Crippen molar-refractivity contribution in [3.8, 4) is 0 Å². The molecular formula is C27H35N3O3. The highest BCUT2D eigenvalue weighted by Gasteiger charge is 2.41. The fourth-order valence-electron chi connectivity index (χ4n) is 4.71. The number of aliphatic hydroxyl groups is 1. The summed E-state index contributed by atoms with van der Waals surface area (Å²) in [4.78, 5) is 19.1. The molecule has 1 aliphatic heterocycles. The van der Waals surface area contributed by atoms with Crippen LogP contribution in [0.1, 0.15) is 51.9 Å². The number of carbonyl (C=O) groups is 1. The van der Waals surface area contributed by atoms with Crippen molar-refractivity contribution >= 4 is 17.1 Å². The first-order chi connectivity index (χ1) is 15.6. The second-order valence-electron chi connectivity index (χ2n) is 10.2. The van der Waals surface area contributed by atoms with Crippen molar-refractivity contribution in [3.63, 3.8) is 0 Å². The number of aryl methyl sites for hydroxylation is 2. The molecule has 6 heteroatoms. The zero-order chi connectivity index (χ0) is 23.6. The van der Waals surface area contributed by atoms with Gasteiger partial charge in [-0.2, -0.15) is 0 Å². The lowest BCUT2D eigenvalue weighted by atomic mass is 9.81. The van der Waals surface area contributed by atoms with E-state index in [1.54, 1.807) is 4.90 Å². The SMILES string of the molecule is CC(C)(C)OC(=O)N1CCC(C(C)(O)c2nc3ccccc3n2CCc2ccccc2)CC1.